The van der Waals surface area contributed by atoms with E-state index in [2.05, 4.69) is 107 Å². The molecular weight excluding hydrogens is 410 g/mol. The fourth-order valence-electron chi connectivity index (χ4n) is 4.26. The van der Waals surface area contributed by atoms with Crippen LogP contribution in [0.15, 0.2) is 97.2 Å². The zero-order valence-corrected chi connectivity index (χ0v) is 18.7. The van der Waals surface area contributed by atoms with Gasteiger partial charge in [-0.25, -0.2) is 4.68 Å². The topological polar surface area (TPSA) is 88.1 Å². The monoisotopic (exact) mass is 441 g/mol. The average molecular weight is 442 g/mol. The third-order valence-corrected chi connectivity index (χ3v) is 5.87. The number of nitrogens with two attached hydrogens (primary N) is 1. The van der Waals surface area contributed by atoms with Crippen molar-refractivity contribution in [3.8, 4) is 0 Å². The molecule has 1 aromatic heterocycles. The number of aromatic nitrogens is 2. The van der Waals surface area contributed by atoms with Crippen LogP contribution in [-0.4, -0.2) is 34.6 Å². The van der Waals surface area contributed by atoms with Crippen molar-refractivity contribution >= 4 is 11.5 Å². The summed E-state index contributed by atoms with van der Waals surface area (Å²) in [5, 5.41) is 20.6. The largest absolute Gasteiger partial charge is 0.394 e. The maximum absolute atomic E-state index is 9.11. The van der Waals surface area contributed by atoms with Crippen LogP contribution in [0.5, 0.6) is 0 Å². The maximum atomic E-state index is 9.11. The van der Waals surface area contributed by atoms with Crippen molar-refractivity contribution in [2.24, 2.45) is 0 Å². The van der Waals surface area contributed by atoms with Crippen molar-refractivity contribution in [1.82, 2.24) is 15.1 Å². The lowest BCUT2D eigenvalue weighted by molar-refractivity contribution is 0.270. The van der Waals surface area contributed by atoms with E-state index < -0.39 is 5.54 Å². The number of aliphatic hydroxyl groups is 1. The minimum absolute atomic E-state index is 0.00970. The second-order valence-corrected chi connectivity index (χ2v) is 7.95. The van der Waals surface area contributed by atoms with Crippen LogP contribution >= 0.6 is 0 Å². The van der Waals surface area contributed by atoms with Gasteiger partial charge in [0.15, 0.2) is 0 Å². The number of nitrogens with one attached hydrogen (secondary N) is 2. The Balaban J connectivity index is 1.55. The summed E-state index contributed by atoms with van der Waals surface area (Å²) < 4.78 is 1.60. The predicted octanol–water partition coefficient (Wildman–Crippen LogP) is 3.84. The number of aliphatic hydroxyl groups excluding tert-OH is 1. The highest BCUT2D eigenvalue weighted by atomic mass is 16.3. The number of nitrogens with zero attached hydrogens (tertiary/aromatic N) is 2. The van der Waals surface area contributed by atoms with Crippen LogP contribution in [0, 0.1) is 0 Å². The lowest BCUT2D eigenvalue weighted by Crippen LogP contribution is -2.45. The molecule has 6 heteroatoms. The number of anilines is 2. The van der Waals surface area contributed by atoms with Crippen molar-refractivity contribution in [2.45, 2.75) is 18.5 Å². The van der Waals surface area contributed by atoms with Gasteiger partial charge in [-0.1, -0.05) is 91.0 Å². The van der Waals surface area contributed by atoms with Crippen LogP contribution in [0.1, 0.15) is 23.1 Å². The van der Waals surface area contributed by atoms with E-state index in [1.54, 1.807) is 10.9 Å². The highest BCUT2D eigenvalue weighted by Crippen LogP contribution is 2.36. The molecule has 0 saturated carbocycles. The Morgan fingerprint density at radius 3 is 1.79 bits per heavy atom. The zero-order chi connectivity index (χ0) is 22.9. The third kappa shape index (κ3) is 4.92. The van der Waals surface area contributed by atoms with Gasteiger partial charge in [-0.3, -0.25) is 5.32 Å². The first kappa shape index (κ1) is 22.6. The van der Waals surface area contributed by atoms with E-state index in [0.29, 0.717) is 12.4 Å². The smallest absolute Gasteiger partial charge is 0.145 e. The molecule has 0 saturated heterocycles. The molecule has 3 aromatic carbocycles. The summed E-state index contributed by atoms with van der Waals surface area (Å²) in [5.74, 6) is 0.546. The molecule has 5 N–H and O–H groups in total. The Hall–Kier alpha value is -3.61. The molecule has 0 spiro atoms. The Labute approximate surface area is 195 Å². The second kappa shape index (κ2) is 10.8. The molecule has 0 aliphatic rings. The van der Waals surface area contributed by atoms with Crippen LogP contribution in [-0.2, 0) is 12.1 Å². The molecule has 0 amide bonds. The summed E-state index contributed by atoms with van der Waals surface area (Å²) in [6.45, 7) is 1.94. The molecule has 0 fully saturated rings. The Kier molecular flexibility index (Phi) is 7.40. The SMILES string of the molecule is Nc1c(NCCCNC(c2ccccc2)(c2ccccc2)c2ccccc2)cnn1CCO. The summed E-state index contributed by atoms with van der Waals surface area (Å²) in [6.07, 6.45) is 2.60. The number of benzene rings is 3. The zero-order valence-electron chi connectivity index (χ0n) is 18.7. The molecule has 4 rings (SSSR count). The van der Waals surface area contributed by atoms with E-state index in [4.69, 9.17) is 10.8 Å². The fraction of sp³-hybridized carbons (Fsp3) is 0.222. The molecular formula is C27H31N5O. The van der Waals surface area contributed by atoms with Crippen LogP contribution < -0.4 is 16.4 Å². The fourth-order valence-corrected chi connectivity index (χ4v) is 4.26. The molecule has 0 unspecified atom stereocenters. The Morgan fingerprint density at radius 2 is 1.30 bits per heavy atom. The van der Waals surface area contributed by atoms with Gasteiger partial charge in [0.1, 0.15) is 5.82 Å². The van der Waals surface area contributed by atoms with Crippen molar-refractivity contribution in [3.63, 3.8) is 0 Å². The van der Waals surface area contributed by atoms with Gasteiger partial charge in [-0.05, 0) is 29.7 Å². The van der Waals surface area contributed by atoms with Crippen molar-refractivity contribution < 1.29 is 5.11 Å². The average Bonchev–Trinajstić information content (AvgIpc) is 3.22. The molecule has 4 aromatic rings. The normalized spacial score (nSPS) is 11.4. The van der Waals surface area contributed by atoms with Gasteiger partial charge in [0.2, 0.25) is 0 Å². The van der Waals surface area contributed by atoms with E-state index in [-0.39, 0.29) is 6.61 Å². The quantitative estimate of drug-likeness (QED) is 0.210. The van der Waals surface area contributed by atoms with E-state index in [1.165, 1.54) is 16.7 Å². The Bertz CT molecular complexity index is 1020. The van der Waals surface area contributed by atoms with E-state index >= 15 is 0 Å². The summed E-state index contributed by atoms with van der Waals surface area (Å²) in [5.41, 5.74) is 10.0. The van der Waals surface area contributed by atoms with Crippen molar-refractivity contribution in [2.75, 3.05) is 30.7 Å². The van der Waals surface area contributed by atoms with Crippen molar-refractivity contribution in [1.29, 1.82) is 0 Å². The van der Waals surface area contributed by atoms with Gasteiger partial charge in [0.05, 0.1) is 30.6 Å². The molecule has 0 bridgehead atoms. The number of hydrogen-bond donors (Lipinski definition) is 4. The first-order valence-electron chi connectivity index (χ1n) is 11.3. The molecule has 0 radical (unpaired) electrons. The van der Waals surface area contributed by atoms with Crippen LogP contribution in [0.3, 0.4) is 0 Å². The third-order valence-electron chi connectivity index (χ3n) is 5.87. The van der Waals surface area contributed by atoms with Gasteiger partial charge in [-0.15, -0.1) is 0 Å². The summed E-state index contributed by atoms with van der Waals surface area (Å²) >= 11 is 0. The molecule has 0 atom stereocenters. The van der Waals surface area contributed by atoms with E-state index in [0.717, 1.165) is 25.2 Å². The Morgan fingerprint density at radius 1 is 0.788 bits per heavy atom. The summed E-state index contributed by atoms with van der Waals surface area (Å²) in [6, 6.07) is 31.8. The van der Waals surface area contributed by atoms with Gasteiger partial charge < -0.3 is 16.2 Å². The predicted molar refractivity (Wildman–Crippen MR) is 134 cm³/mol. The molecule has 170 valence electrons. The number of rotatable bonds is 11. The van der Waals surface area contributed by atoms with Crippen LogP contribution in [0.25, 0.3) is 0 Å². The molecule has 1 heterocycles. The number of hydrogen-bond acceptors (Lipinski definition) is 5. The van der Waals surface area contributed by atoms with E-state index in [1.807, 2.05) is 0 Å². The minimum atomic E-state index is -0.463. The van der Waals surface area contributed by atoms with Crippen molar-refractivity contribution in [3.05, 3.63) is 114 Å². The molecule has 6 nitrogen and oxygen atoms in total. The first-order valence-corrected chi connectivity index (χ1v) is 11.3. The molecule has 0 aliphatic heterocycles. The molecule has 0 aliphatic carbocycles. The van der Waals surface area contributed by atoms with Gasteiger partial charge in [-0.2, -0.15) is 5.10 Å². The lowest BCUT2D eigenvalue weighted by Gasteiger charge is -2.37. The molecule has 33 heavy (non-hydrogen) atoms. The maximum Gasteiger partial charge on any atom is 0.145 e. The highest BCUT2D eigenvalue weighted by molar-refractivity contribution is 5.61. The summed E-state index contributed by atoms with van der Waals surface area (Å²) in [4.78, 5) is 0. The minimum Gasteiger partial charge on any atom is -0.394 e. The van der Waals surface area contributed by atoms with E-state index in [9.17, 15) is 0 Å². The van der Waals surface area contributed by atoms with Gasteiger partial charge >= 0.3 is 0 Å². The van der Waals surface area contributed by atoms with Crippen LogP contribution in [0.4, 0.5) is 11.5 Å². The first-order chi connectivity index (χ1) is 16.3. The lowest BCUT2D eigenvalue weighted by atomic mass is 9.77. The number of nitrogen functional groups attached to an aromatic ring is 1. The highest BCUT2D eigenvalue weighted by Gasteiger charge is 2.35. The second-order valence-electron chi connectivity index (χ2n) is 7.95. The van der Waals surface area contributed by atoms with Gasteiger partial charge in [0.25, 0.3) is 0 Å². The van der Waals surface area contributed by atoms with Gasteiger partial charge in [0, 0.05) is 6.54 Å². The standard InChI is InChI=1S/C27H31N5O/c28-26-25(21-31-32(26)19-20-33)29-17-10-18-30-27(22-11-4-1-5-12-22,23-13-6-2-7-14-23)24-15-8-3-9-16-24/h1-9,11-16,21,29-30,33H,10,17-20,28H2. The summed E-state index contributed by atoms with van der Waals surface area (Å²) in [7, 11) is 0. The van der Waals surface area contributed by atoms with Crippen LogP contribution in [0.2, 0.25) is 0 Å².